The molecule has 0 aromatic heterocycles. The third kappa shape index (κ3) is 2.51. The number of rotatable bonds is 3. The molecule has 0 aliphatic rings. The maximum absolute atomic E-state index is 9.92. The molecule has 0 saturated carbocycles. The average Bonchev–Trinajstić information content (AvgIpc) is 2.39. The van der Waals surface area contributed by atoms with Gasteiger partial charge < -0.3 is 9.84 Å². The minimum absolute atomic E-state index is 0.109. The molecule has 18 heavy (non-hydrogen) atoms. The van der Waals surface area contributed by atoms with Crippen molar-refractivity contribution in [3.05, 3.63) is 53.6 Å². The highest BCUT2D eigenvalue weighted by atomic mass is 16.5. The zero-order valence-electron chi connectivity index (χ0n) is 10.4. The third-order valence-electron chi connectivity index (χ3n) is 2.71. The van der Waals surface area contributed by atoms with E-state index < -0.39 is 0 Å². The molecular formula is C15H15NO2. The van der Waals surface area contributed by atoms with Crippen molar-refractivity contribution < 1.29 is 9.84 Å². The topological polar surface area (TPSA) is 41.8 Å². The molecule has 0 bridgehead atoms. The Morgan fingerprint density at radius 1 is 1.11 bits per heavy atom. The summed E-state index contributed by atoms with van der Waals surface area (Å²) in [6.45, 7) is 2.00. The number of methoxy groups -OCH3 is 1. The van der Waals surface area contributed by atoms with E-state index in [1.807, 2.05) is 37.3 Å². The highest BCUT2D eigenvalue weighted by molar-refractivity contribution is 5.86. The van der Waals surface area contributed by atoms with Crippen LogP contribution >= 0.6 is 0 Å². The molecule has 2 rings (SSSR count). The van der Waals surface area contributed by atoms with Crippen molar-refractivity contribution in [2.75, 3.05) is 7.11 Å². The molecule has 0 heterocycles. The molecule has 92 valence electrons. The molecular weight excluding hydrogens is 226 g/mol. The fourth-order valence-corrected chi connectivity index (χ4v) is 1.66. The van der Waals surface area contributed by atoms with Crippen LogP contribution in [0.25, 0.3) is 0 Å². The fraction of sp³-hybridized carbons (Fsp3) is 0.133. The molecule has 0 unspecified atom stereocenters. The zero-order chi connectivity index (χ0) is 13.0. The molecule has 3 heteroatoms. The number of aromatic hydroxyl groups is 1. The Kier molecular flexibility index (Phi) is 3.63. The van der Waals surface area contributed by atoms with Gasteiger partial charge in [0.2, 0.25) is 0 Å². The van der Waals surface area contributed by atoms with Crippen molar-refractivity contribution in [1.82, 2.24) is 0 Å². The van der Waals surface area contributed by atoms with Crippen LogP contribution in [0.1, 0.15) is 11.1 Å². The Labute approximate surface area is 106 Å². The molecule has 0 spiro atoms. The number of aryl methyl sites for hydroxylation is 1. The third-order valence-corrected chi connectivity index (χ3v) is 2.71. The van der Waals surface area contributed by atoms with E-state index in [1.165, 1.54) is 7.11 Å². The molecule has 0 aliphatic heterocycles. The fourth-order valence-electron chi connectivity index (χ4n) is 1.66. The Hall–Kier alpha value is -2.29. The molecule has 2 aromatic rings. The summed E-state index contributed by atoms with van der Waals surface area (Å²) in [4.78, 5) is 4.37. The van der Waals surface area contributed by atoms with Crippen molar-refractivity contribution in [3.8, 4) is 11.5 Å². The standard InChI is InChI=1S/C15H15NO2/c1-11-6-3-4-8-13(11)16-10-12-7-5-9-14(18-2)15(12)17/h3-10,17H,1-2H3. The lowest BCUT2D eigenvalue weighted by Gasteiger charge is -2.05. The highest BCUT2D eigenvalue weighted by Gasteiger charge is 2.04. The van der Waals surface area contributed by atoms with E-state index in [4.69, 9.17) is 4.74 Å². The van der Waals surface area contributed by atoms with Gasteiger partial charge >= 0.3 is 0 Å². The van der Waals surface area contributed by atoms with Crippen molar-refractivity contribution >= 4 is 11.9 Å². The van der Waals surface area contributed by atoms with Gasteiger partial charge in [-0.2, -0.15) is 0 Å². The monoisotopic (exact) mass is 241 g/mol. The summed E-state index contributed by atoms with van der Waals surface area (Å²) < 4.78 is 5.05. The number of hydrogen-bond donors (Lipinski definition) is 1. The molecule has 3 nitrogen and oxygen atoms in total. The van der Waals surface area contributed by atoms with Gasteiger partial charge in [-0.25, -0.2) is 0 Å². The first-order chi connectivity index (χ1) is 8.72. The summed E-state index contributed by atoms with van der Waals surface area (Å²) in [6, 6.07) is 13.2. The second-order valence-corrected chi connectivity index (χ2v) is 3.94. The SMILES string of the molecule is COc1cccc(C=Nc2ccccc2C)c1O. The van der Waals surface area contributed by atoms with Gasteiger partial charge in [0.25, 0.3) is 0 Å². The quantitative estimate of drug-likeness (QED) is 0.836. The number of phenolic OH excluding ortho intramolecular Hbond substituents is 1. The van der Waals surface area contributed by atoms with Crippen LogP contribution in [-0.4, -0.2) is 18.4 Å². The van der Waals surface area contributed by atoms with Crippen LogP contribution in [0, 0.1) is 6.92 Å². The summed E-state index contributed by atoms with van der Waals surface area (Å²) in [5, 5.41) is 9.92. The lowest BCUT2D eigenvalue weighted by Crippen LogP contribution is -1.88. The number of hydrogen-bond acceptors (Lipinski definition) is 3. The van der Waals surface area contributed by atoms with Crippen LogP contribution in [0.3, 0.4) is 0 Å². The van der Waals surface area contributed by atoms with Gasteiger partial charge in [-0.05, 0) is 30.7 Å². The first kappa shape index (κ1) is 12.2. The van der Waals surface area contributed by atoms with Crippen LogP contribution in [0.5, 0.6) is 11.5 Å². The van der Waals surface area contributed by atoms with Gasteiger partial charge in [-0.15, -0.1) is 0 Å². The minimum Gasteiger partial charge on any atom is -0.504 e. The van der Waals surface area contributed by atoms with Crippen LogP contribution in [-0.2, 0) is 0 Å². The van der Waals surface area contributed by atoms with Crippen LogP contribution in [0.4, 0.5) is 5.69 Å². The molecule has 1 N–H and O–H groups in total. The van der Waals surface area contributed by atoms with Gasteiger partial charge in [-0.3, -0.25) is 4.99 Å². The Bertz CT molecular complexity index is 576. The summed E-state index contributed by atoms with van der Waals surface area (Å²) in [6.07, 6.45) is 1.64. The molecule has 0 radical (unpaired) electrons. The Morgan fingerprint density at radius 3 is 2.61 bits per heavy atom. The predicted molar refractivity (Wildman–Crippen MR) is 73.1 cm³/mol. The number of nitrogens with zero attached hydrogens (tertiary/aromatic N) is 1. The van der Waals surface area contributed by atoms with E-state index >= 15 is 0 Å². The molecule has 0 fully saturated rings. The minimum atomic E-state index is 0.109. The van der Waals surface area contributed by atoms with E-state index in [0.29, 0.717) is 11.3 Å². The zero-order valence-corrected chi connectivity index (χ0v) is 10.4. The number of phenols is 1. The van der Waals surface area contributed by atoms with Gasteiger partial charge in [0, 0.05) is 11.8 Å². The largest absolute Gasteiger partial charge is 0.504 e. The highest BCUT2D eigenvalue weighted by Crippen LogP contribution is 2.28. The van der Waals surface area contributed by atoms with Crippen molar-refractivity contribution in [2.24, 2.45) is 4.99 Å². The van der Waals surface area contributed by atoms with Crippen molar-refractivity contribution in [1.29, 1.82) is 0 Å². The van der Waals surface area contributed by atoms with E-state index in [1.54, 1.807) is 18.3 Å². The molecule has 0 atom stereocenters. The molecule has 2 aromatic carbocycles. The Morgan fingerprint density at radius 2 is 1.89 bits per heavy atom. The number of para-hydroxylation sites is 2. The normalized spacial score (nSPS) is 10.8. The maximum Gasteiger partial charge on any atom is 0.166 e. The van der Waals surface area contributed by atoms with E-state index in [0.717, 1.165) is 11.3 Å². The summed E-state index contributed by atoms with van der Waals surface area (Å²) in [7, 11) is 1.53. The van der Waals surface area contributed by atoms with Crippen LogP contribution in [0.15, 0.2) is 47.5 Å². The lowest BCUT2D eigenvalue weighted by molar-refractivity contribution is 0.373. The first-order valence-corrected chi connectivity index (χ1v) is 5.68. The van der Waals surface area contributed by atoms with Gasteiger partial charge in [0.15, 0.2) is 11.5 Å². The van der Waals surface area contributed by atoms with Gasteiger partial charge in [0.1, 0.15) is 0 Å². The second-order valence-electron chi connectivity index (χ2n) is 3.94. The number of ether oxygens (including phenoxy) is 1. The van der Waals surface area contributed by atoms with Crippen LogP contribution < -0.4 is 4.74 Å². The molecule has 0 aliphatic carbocycles. The smallest absolute Gasteiger partial charge is 0.166 e. The predicted octanol–water partition coefficient (Wildman–Crippen LogP) is 3.46. The number of aliphatic imine (C=N–C) groups is 1. The lowest BCUT2D eigenvalue weighted by atomic mass is 10.2. The van der Waals surface area contributed by atoms with Gasteiger partial charge in [-0.1, -0.05) is 24.3 Å². The van der Waals surface area contributed by atoms with E-state index in [2.05, 4.69) is 4.99 Å². The maximum atomic E-state index is 9.92. The summed E-state index contributed by atoms with van der Waals surface area (Å²) in [5.41, 5.74) is 2.62. The molecule has 0 amide bonds. The van der Waals surface area contributed by atoms with Gasteiger partial charge in [0.05, 0.1) is 12.8 Å². The first-order valence-electron chi connectivity index (χ1n) is 5.68. The van der Waals surface area contributed by atoms with E-state index in [9.17, 15) is 5.11 Å². The second kappa shape index (κ2) is 5.36. The Balaban J connectivity index is 2.32. The van der Waals surface area contributed by atoms with Crippen molar-refractivity contribution in [2.45, 2.75) is 6.92 Å². The van der Waals surface area contributed by atoms with E-state index in [-0.39, 0.29) is 5.75 Å². The average molecular weight is 241 g/mol. The summed E-state index contributed by atoms with van der Waals surface area (Å²) in [5.74, 6) is 0.557. The van der Waals surface area contributed by atoms with Crippen LogP contribution in [0.2, 0.25) is 0 Å². The molecule has 0 saturated heterocycles. The summed E-state index contributed by atoms with van der Waals surface area (Å²) >= 11 is 0. The number of benzene rings is 2. The van der Waals surface area contributed by atoms with Crippen molar-refractivity contribution in [3.63, 3.8) is 0 Å².